The molecule has 2 rings (SSSR count). The van der Waals surface area contributed by atoms with Gasteiger partial charge in [0.15, 0.2) is 0 Å². The summed E-state index contributed by atoms with van der Waals surface area (Å²) in [6, 6.07) is 7.43. The Kier molecular flexibility index (Phi) is 10.2. The maximum absolute atomic E-state index is 13.0. The molecule has 1 saturated carbocycles. The van der Waals surface area contributed by atoms with Gasteiger partial charge in [0.05, 0.1) is 25.2 Å². The van der Waals surface area contributed by atoms with E-state index in [-0.39, 0.29) is 11.7 Å². The van der Waals surface area contributed by atoms with E-state index in [2.05, 4.69) is 6.07 Å². The van der Waals surface area contributed by atoms with Crippen LogP contribution >= 0.6 is 23.2 Å². The number of Topliss-reactive ketones (excluding diaryl/α,β-unsaturated/α-hetero) is 1. The number of benzene rings is 1. The van der Waals surface area contributed by atoms with Crippen LogP contribution in [-0.2, 0) is 9.53 Å². The van der Waals surface area contributed by atoms with Crippen LogP contribution in [0, 0.1) is 17.2 Å². The van der Waals surface area contributed by atoms with Gasteiger partial charge in [-0.15, -0.1) is 0 Å². The smallest absolute Gasteiger partial charge is 0.138 e. The molecule has 1 aliphatic carbocycles. The Balaban J connectivity index is 2.24. The summed E-state index contributed by atoms with van der Waals surface area (Å²) >= 11 is 12.5. The Morgan fingerprint density at radius 3 is 2.41 bits per heavy atom. The maximum Gasteiger partial charge on any atom is 0.138 e. The van der Waals surface area contributed by atoms with E-state index in [1.807, 2.05) is 6.07 Å². The molecule has 148 valence electrons. The van der Waals surface area contributed by atoms with E-state index >= 15 is 0 Å². The van der Waals surface area contributed by atoms with Gasteiger partial charge >= 0.3 is 0 Å². The molecule has 0 bridgehead atoms. The minimum Gasteiger partial charge on any atom is -0.372 e. The molecule has 1 fully saturated rings. The molecule has 27 heavy (non-hydrogen) atoms. The molecule has 1 aliphatic rings. The molecule has 0 N–H and O–H groups in total. The van der Waals surface area contributed by atoms with Crippen molar-refractivity contribution in [3.8, 4) is 6.07 Å². The number of rotatable bonds is 5. The summed E-state index contributed by atoms with van der Waals surface area (Å²) in [5.74, 6) is 0.0327. The van der Waals surface area contributed by atoms with Crippen LogP contribution in [0.3, 0.4) is 0 Å². The number of nitrogens with zero attached hydrogens (tertiary/aromatic N) is 1. The average molecular weight is 410 g/mol. The van der Waals surface area contributed by atoms with Crippen LogP contribution in [0.1, 0.15) is 82.3 Å². The summed E-state index contributed by atoms with van der Waals surface area (Å²) in [5.41, 5.74) is 0.796. The second-order valence-corrected chi connectivity index (χ2v) is 8.15. The first-order valence-electron chi connectivity index (χ1n) is 10.1. The molecule has 2 atom stereocenters. The van der Waals surface area contributed by atoms with Crippen LogP contribution in [0.15, 0.2) is 18.2 Å². The number of hydrogen-bond acceptors (Lipinski definition) is 3. The SMILES string of the molecule is N#CCCO[C@H](c1ccc(Cl)cc1Cl)[C@H]1CCCCCCCCCCC1=O. The Labute approximate surface area is 173 Å². The van der Waals surface area contributed by atoms with E-state index < -0.39 is 6.10 Å². The van der Waals surface area contributed by atoms with Crippen molar-refractivity contribution in [1.29, 1.82) is 5.26 Å². The van der Waals surface area contributed by atoms with Gasteiger partial charge in [-0.1, -0.05) is 74.2 Å². The quantitative estimate of drug-likeness (QED) is 0.488. The normalized spacial score (nSPS) is 20.9. The fraction of sp³-hybridized carbons (Fsp3) is 0.636. The van der Waals surface area contributed by atoms with Gasteiger partial charge in [0, 0.05) is 27.9 Å². The molecule has 0 aromatic heterocycles. The largest absolute Gasteiger partial charge is 0.372 e. The van der Waals surface area contributed by atoms with Crippen molar-refractivity contribution < 1.29 is 9.53 Å². The minimum atomic E-state index is -0.418. The molecule has 0 aliphatic heterocycles. The van der Waals surface area contributed by atoms with E-state index in [0.717, 1.165) is 37.7 Å². The van der Waals surface area contributed by atoms with Gasteiger partial charge in [-0.25, -0.2) is 0 Å². The van der Waals surface area contributed by atoms with Gasteiger partial charge in [-0.3, -0.25) is 4.79 Å². The van der Waals surface area contributed by atoms with E-state index in [1.165, 1.54) is 25.7 Å². The standard InChI is InChI=1S/C22H29Cl2NO2/c23-17-12-13-18(20(24)16-17)22(27-15-9-14-25)19-10-7-5-3-1-2-4-6-8-11-21(19)26/h12-13,16,19,22H,1-11,15H2/t19-,22+/m0/s1. The predicted molar refractivity (Wildman–Crippen MR) is 110 cm³/mol. The van der Waals surface area contributed by atoms with Gasteiger partial charge in [0.2, 0.25) is 0 Å². The van der Waals surface area contributed by atoms with E-state index in [4.69, 9.17) is 33.2 Å². The first kappa shape index (κ1) is 22.2. The van der Waals surface area contributed by atoms with Crippen molar-refractivity contribution in [3.63, 3.8) is 0 Å². The predicted octanol–water partition coefficient (Wildman–Crippen LogP) is 7.06. The molecule has 5 heteroatoms. The fourth-order valence-electron chi connectivity index (χ4n) is 3.78. The highest BCUT2D eigenvalue weighted by molar-refractivity contribution is 6.35. The third kappa shape index (κ3) is 7.45. The highest BCUT2D eigenvalue weighted by Gasteiger charge is 2.31. The average Bonchev–Trinajstić information content (AvgIpc) is 2.63. The highest BCUT2D eigenvalue weighted by atomic mass is 35.5. The summed E-state index contributed by atoms with van der Waals surface area (Å²) in [6.07, 6.45) is 10.5. The summed E-state index contributed by atoms with van der Waals surface area (Å²) in [6.45, 7) is 0.296. The number of hydrogen-bond donors (Lipinski definition) is 0. The molecule has 0 radical (unpaired) electrons. The summed E-state index contributed by atoms with van der Waals surface area (Å²) in [7, 11) is 0. The van der Waals surface area contributed by atoms with Gasteiger partial charge in [-0.2, -0.15) is 5.26 Å². The fourth-order valence-corrected chi connectivity index (χ4v) is 4.29. The zero-order valence-corrected chi connectivity index (χ0v) is 17.4. The van der Waals surface area contributed by atoms with Crippen molar-refractivity contribution in [1.82, 2.24) is 0 Å². The maximum atomic E-state index is 13.0. The lowest BCUT2D eigenvalue weighted by molar-refractivity contribution is -0.129. The third-order valence-electron chi connectivity index (χ3n) is 5.25. The number of nitriles is 1. The molecule has 0 spiro atoms. The molecule has 0 unspecified atom stereocenters. The van der Waals surface area contributed by atoms with Crippen molar-refractivity contribution >= 4 is 29.0 Å². The molecule has 3 nitrogen and oxygen atoms in total. The van der Waals surface area contributed by atoms with E-state index in [1.54, 1.807) is 12.1 Å². The van der Waals surface area contributed by atoms with E-state index in [0.29, 0.717) is 29.5 Å². The number of ether oxygens (including phenoxy) is 1. The van der Waals surface area contributed by atoms with Crippen LogP contribution in [0.4, 0.5) is 0 Å². The Morgan fingerprint density at radius 2 is 1.74 bits per heavy atom. The lowest BCUT2D eigenvalue weighted by atomic mass is 9.84. The van der Waals surface area contributed by atoms with Crippen molar-refractivity contribution in [2.24, 2.45) is 5.92 Å². The Morgan fingerprint density at radius 1 is 1.07 bits per heavy atom. The number of carbonyl (C=O) groups excluding carboxylic acids is 1. The Bertz CT molecular complexity index is 642. The molecule has 0 amide bonds. The van der Waals surface area contributed by atoms with Gasteiger partial charge in [0.1, 0.15) is 5.78 Å². The zero-order valence-electron chi connectivity index (χ0n) is 15.9. The second kappa shape index (κ2) is 12.4. The van der Waals surface area contributed by atoms with Crippen LogP contribution < -0.4 is 0 Å². The second-order valence-electron chi connectivity index (χ2n) is 7.31. The first-order chi connectivity index (χ1) is 13.1. The van der Waals surface area contributed by atoms with Crippen molar-refractivity contribution in [2.75, 3.05) is 6.61 Å². The molecular formula is C22H29Cl2NO2. The van der Waals surface area contributed by atoms with Crippen molar-refractivity contribution in [3.05, 3.63) is 33.8 Å². The number of halogens is 2. The molecular weight excluding hydrogens is 381 g/mol. The molecule has 1 aromatic carbocycles. The highest BCUT2D eigenvalue weighted by Crippen LogP contribution is 2.37. The lowest BCUT2D eigenvalue weighted by Crippen LogP contribution is -2.25. The number of ketones is 1. The summed E-state index contributed by atoms with van der Waals surface area (Å²) < 4.78 is 6.05. The topological polar surface area (TPSA) is 50.1 Å². The van der Waals surface area contributed by atoms with Crippen molar-refractivity contribution in [2.45, 2.75) is 76.7 Å². The van der Waals surface area contributed by atoms with Crippen LogP contribution in [-0.4, -0.2) is 12.4 Å². The Hall–Kier alpha value is -1.08. The van der Waals surface area contributed by atoms with Crippen LogP contribution in [0.2, 0.25) is 10.0 Å². The van der Waals surface area contributed by atoms with Crippen LogP contribution in [0.5, 0.6) is 0 Å². The lowest BCUT2D eigenvalue weighted by Gasteiger charge is -2.28. The van der Waals surface area contributed by atoms with Crippen LogP contribution in [0.25, 0.3) is 0 Å². The van der Waals surface area contributed by atoms with Gasteiger partial charge in [0.25, 0.3) is 0 Å². The molecule has 1 aromatic rings. The molecule has 0 heterocycles. The monoisotopic (exact) mass is 409 g/mol. The zero-order chi connectivity index (χ0) is 19.5. The van der Waals surface area contributed by atoms with Gasteiger partial charge in [-0.05, 0) is 25.0 Å². The first-order valence-corrected chi connectivity index (χ1v) is 10.9. The summed E-state index contributed by atoms with van der Waals surface area (Å²) in [4.78, 5) is 13.0. The van der Waals surface area contributed by atoms with E-state index in [9.17, 15) is 4.79 Å². The summed E-state index contributed by atoms with van der Waals surface area (Å²) in [5, 5.41) is 9.95. The minimum absolute atomic E-state index is 0.221. The molecule has 0 saturated heterocycles. The third-order valence-corrected chi connectivity index (χ3v) is 5.81. The van der Waals surface area contributed by atoms with Gasteiger partial charge < -0.3 is 4.74 Å². The number of carbonyl (C=O) groups is 1.